The van der Waals surface area contributed by atoms with Gasteiger partial charge in [-0.25, -0.2) is 4.79 Å². The zero-order valence-corrected chi connectivity index (χ0v) is 8.73. The lowest BCUT2D eigenvalue weighted by Crippen LogP contribution is -2.05. The zero-order valence-electron chi connectivity index (χ0n) is 8.73. The third kappa shape index (κ3) is 7.67. The molecule has 0 aliphatic carbocycles. The van der Waals surface area contributed by atoms with Crippen LogP contribution >= 0.6 is 0 Å². The van der Waals surface area contributed by atoms with Crippen LogP contribution in [0.4, 0.5) is 0 Å². The van der Waals surface area contributed by atoms with E-state index in [4.69, 9.17) is 19.8 Å². The average molecular weight is 213 g/mol. The zero-order chi connectivity index (χ0) is 11.5. The van der Waals surface area contributed by atoms with Gasteiger partial charge in [0.1, 0.15) is 0 Å². The molecule has 0 aromatic heterocycles. The third-order valence-corrected chi connectivity index (χ3v) is 1.68. The molecule has 0 saturated heterocycles. The summed E-state index contributed by atoms with van der Waals surface area (Å²) < 4.78 is 9.93. The van der Waals surface area contributed by atoms with E-state index in [1.807, 2.05) is 0 Å². The minimum absolute atomic E-state index is 0.118. The highest BCUT2D eigenvalue weighted by Gasteiger charge is 2.05. The minimum Gasteiger partial charge on any atom is -0.478 e. The van der Waals surface area contributed by atoms with E-state index in [1.165, 1.54) is 0 Å². The van der Waals surface area contributed by atoms with Gasteiger partial charge in [-0.15, -0.1) is 0 Å². The summed E-state index contributed by atoms with van der Waals surface area (Å²) >= 11 is 0. The Bertz CT molecular complexity index is 255. The maximum absolute atomic E-state index is 10.6. The normalized spacial score (nSPS) is 11.1. The van der Waals surface area contributed by atoms with Crippen molar-refractivity contribution < 1.29 is 19.4 Å². The van der Waals surface area contributed by atoms with Crippen molar-refractivity contribution in [3.63, 3.8) is 0 Å². The Morgan fingerprint density at radius 2 is 2.20 bits per heavy atom. The Morgan fingerprint density at radius 3 is 2.73 bits per heavy atom. The molecule has 0 spiro atoms. The lowest BCUT2D eigenvalue weighted by molar-refractivity contribution is -0.132. The summed E-state index contributed by atoms with van der Waals surface area (Å²) in [6.07, 6.45) is 1.98. The van der Waals surface area contributed by atoms with Crippen molar-refractivity contribution in [2.75, 3.05) is 26.9 Å². The molecule has 0 aliphatic rings. The molecule has 0 aromatic rings. The van der Waals surface area contributed by atoms with E-state index in [0.29, 0.717) is 32.7 Å². The van der Waals surface area contributed by atoms with Gasteiger partial charge in [0.05, 0.1) is 19.3 Å². The van der Waals surface area contributed by atoms with Gasteiger partial charge >= 0.3 is 5.97 Å². The predicted molar refractivity (Wildman–Crippen MR) is 53.3 cm³/mol. The molecule has 0 aliphatic heterocycles. The summed E-state index contributed by atoms with van der Waals surface area (Å²) in [5, 5.41) is 17.0. The maximum atomic E-state index is 10.6. The van der Waals surface area contributed by atoms with Crippen molar-refractivity contribution >= 4 is 5.97 Å². The molecular weight excluding hydrogens is 198 g/mol. The van der Waals surface area contributed by atoms with Crippen molar-refractivity contribution in [2.24, 2.45) is 0 Å². The lowest BCUT2D eigenvalue weighted by Gasteiger charge is -2.03. The minimum atomic E-state index is -1.05. The van der Waals surface area contributed by atoms with Crippen LogP contribution in [0.15, 0.2) is 11.6 Å². The molecular formula is C10H15NO4. The summed E-state index contributed by atoms with van der Waals surface area (Å²) in [5.74, 6) is -1.05. The summed E-state index contributed by atoms with van der Waals surface area (Å²) in [6.45, 7) is 1.50. The molecule has 0 radical (unpaired) electrons. The fourth-order valence-corrected chi connectivity index (χ4v) is 0.928. The summed E-state index contributed by atoms with van der Waals surface area (Å²) in [5.41, 5.74) is 0.118. The molecule has 0 atom stereocenters. The van der Waals surface area contributed by atoms with Gasteiger partial charge in [0.15, 0.2) is 0 Å². The molecule has 84 valence electrons. The van der Waals surface area contributed by atoms with E-state index >= 15 is 0 Å². The number of rotatable bonds is 8. The monoisotopic (exact) mass is 213 g/mol. The van der Waals surface area contributed by atoms with Gasteiger partial charge in [-0.3, -0.25) is 0 Å². The van der Waals surface area contributed by atoms with E-state index in [9.17, 15) is 4.79 Å². The molecule has 0 aromatic carbocycles. The fourth-order valence-electron chi connectivity index (χ4n) is 0.928. The number of carbonyl (C=O) groups is 1. The number of allylic oxidation sites excluding steroid dienone is 1. The van der Waals surface area contributed by atoms with Crippen molar-refractivity contribution in [2.45, 2.75) is 12.8 Å². The Balaban J connectivity index is 3.61. The molecule has 0 amide bonds. The first kappa shape index (κ1) is 13.6. The number of hydrogen-bond donors (Lipinski definition) is 1. The number of methoxy groups -OCH3 is 1. The second-order valence-electron chi connectivity index (χ2n) is 2.81. The Labute approximate surface area is 88.9 Å². The first-order valence-corrected chi connectivity index (χ1v) is 4.61. The predicted octanol–water partition coefficient (Wildman–Crippen LogP) is 0.964. The molecule has 1 N–H and O–H groups in total. The highest BCUT2D eigenvalue weighted by atomic mass is 16.5. The molecule has 0 unspecified atom stereocenters. The van der Waals surface area contributed by atoms with Crippen LogP contribution in [0.25, 0.3) is 0 Å². The number of hydrogen-bond acceptors (Lipinski definition) is 4. The summed E-state index contributed by atoms with van der Waals surface area (Å²) in [7, 11) is 1.58. The van der Waals surface area contributed by atoms with Crippen LogP contribution in [-0.2, 0) is 14.3 Å². The first-order chi connectivity index (χ1) is 7.22. The van der Waals surface area contributed by atoms with Gasteiger partial charge in [0.25, 0.3) is 0 Å². The van der Waals surface area contributed by atoms with Crippen LogP contribution < -0.4 is 0 Å². The molecule has 0 saturated carbocycles. The van der Waals surface area contributed by atoms with Crippen LogP contribution in [0.3, 0.4) is 0 Å². The Hall–Kier alpha value is -1.38. The molecule has 15 heavy (non-hydrogen) atoms. The number of carboxylic acids is 1. The van der Waals surface area contributed by atoms with E-state index in [-0.39, 0.29) is 5.57 Å². The molecule has 0 heterocycles. The highest BCUT2D eigenvalue weighted by Crippen LogP contribution is 2.04. The van der Waals surface area contributed by atoms with E-state index in [0.717, 1.165) is 6.08 Å². The van der Waals surface area contributed by atoms with Crippen LogP contribution in [0.2, 0.25) is 0 Å². The van der Waals surface area contributed by atoms with Crippen LogP contribution in [0.5, 0.6) is 0 Å². The van der Waals surface area contributed by atoms with Crippen LogP contribution in [0.1, 0.15) is 12.8 Å². The van der Waals surface area contributed by atoms with E-state index in [2.05, 4.69) is 0 Å². The number of nitriles is 1. The Kier molecular flexibility index (Phi) is 8.34. The number of aliphatic carboxylic acids is 1. The topological polar surface area (TPSA) is 79.5 Å². The molecule has 0 fully saturated rings. The highest BCUT2D eigenvalue weighted by molar-refractivity contribution is 5.87. The van der Waals surface area contributed by atoms with Crippen molar-refractivity contribution in [1.82, 2.24) is 0 Å². The van der Waals surface area contributed by atoms with Gasteiger partial charge in [-0.1, -0.05) is 0 Å². The van der Waals surface area contributed by atoms with Crippen molar-refractivity contribution in [3.05, 3.63) is 11.6 Å². The third-order valence-electron chi connectivity index (χ3n) is 1.68. The molecule has 0 rings (SSSR count). The van der Waals surface area contributed by atoms with Gasteiger partial charge in [0, 0.05) is 25.4 Å². The second-order valence-corrected chi connectivity index (χ2v) is 2.81. The fraction of sp³-hybridized carbons (Fsp3) is 0.600. The second kappa shape index (κ2) is 9.19. The number of carboxylic acid groups (broad SMARTS) is 1. The van der Waals surface area contributed by atoms with Crippen LogP contribution in [0, 0.1) is 11.3 Å². The van der Waals surface area contributed by atoms with Crippen molar-refractivity contribution in [1.29, 1.82) is 5.26 Å². The van der Waals surface area contributed by atoms with Crippen LogP contribution in [-0.4, -0.2) is 38.0 Å². The number of nitrogens with zero attached hydrogens (tertiary/aromatic N) is 1. The maximum Gasteiger partial charge on any atom is 0.332 e. The van der Waals surface area contributed by atoms with E-state index < -0.39 is 5.97 Å². The molecule has 0 bridgehead atoms. The van der Waals surface area contributed by atoms with E-state index in [1.54, 1.807) is 13.2 Å². The SMILES string of the molecule is COCCOCCCC(=CC#N)C(=O)O. The smallest absolute Gasteiger partial charge is 0.332 e. The van der Waals surface area contributed by atoms with Gasteiger partial charge in [-0.05, 0) is 12.8 Å². The molecule has 5 nitrogen and oxygen atoms in total. The van der Waals surface area contributed by atoms with Crippen molar-refractivity contribution in [3.8, 4) is 6.07 Å². The standard InChI is InChI=1S/C10H15NO4/c1-14-7-8-15-6-2-3-9(4-5-11)10(12)13/h4H,2-3,6-8H2,1H3,(H,12,13). The first-order valence-electron chi connectivity index (χ1n) is 4.61. The van der Waals surface area contributed by atoms with Gasteiger partial charge in [0.2, 0.25) is 0 Å². The quantitative estimate of drug-likeness (QED) is 0.369. The number of ether oxygens (including phenoxy) is 2. The summed E-state index contributed by atoms with van der Waals surface area (Å²) in [6, 6.07) is 1.71. The largest absolute Gasteiger partial charge is 0.478 e. The average Bonchev–Trinajstić information content (AvgIpc) is 2.21. The molecule has 5 heteroatoms. The van der Waals surface area contributed by atoms with Gasteiger partial charge in [-0.2, -0.15) is 5.26 Å². The summed E-state index contributed by atoms with van der Waals surface area (Å²) in [4.78, 5) is 10.6. The lowest BCUT2D eigenvalue weighted by atomic mass is 10.1. The Morgan fingerprint density at radius 1 is 1.47 bits per heavy atom. The van der Waals surface area contributed by atoms with Gasteiger partial charge < -0.3 is 14.6 Å².